The lowest BCUT2D eigenvalue weighted by Crippen LogP contribution is -2.20. The number of methoxy groups -OCH3 is 1. The van der Waals surface area contributed by atoms with E-state index in [0.717, 1.165) is 16.8 Å². The van der Waals surface area contributed by atoms with Crippen LogP contribution in [0.15, 0.2) is 42.5 Å². The lowest BCUT2D eigenvalue weighted by molar-refractivity contribution is -0.122. The first-order valence-corrected chi connectivity index (χ1v) is 8.76. The summed E-state index contributed by atoms with van der Waals surface area (Å²) in [5, 5.41) is 5.65. The van der Waals surface area contributed by atoms with E-state index < -0.39 is 5.97 Å². The van der Waals surface area contributed by atoms with Crippen LogP contribution >= 0.6 is 0 Å². The molecule has 2 unspecified atom stereocenters. The van der Waals surface area contributed by atoms with Crippen LogP contribution in [0.4, 0.5) is 11.4 Å². The van der Waals surface area contributed by atoms with E-state index in [0.29, 0.717) is 17.7 Å². The maximum atomic E-state index is 12.4. The van der Waals surface area contributed by atoms with Crippen LogP contribution in [0.2, 0.25) is 0 Å². The summed E-state index contributed by atoms with van der Waals surface area (Å²) < 4.78 is 4.67. The van der Waals surface area contributed by atoms with Crippen LogP contribution < -0.4 is 10.6 Å². The minimum absolute atomic E-state index is 0.150. The normalized spacial score (nSPS) is 17.7. The van der Waals surface area contributed by atoms with E-state index in [1.807, 2.05) is 32.0 Å². The Balaban J connectivity index is 1.58. The number of benzene rings is 2. The molecule has 140 valence electrons. The molecule has 2 N–H and O–H groups in total. The number of rotatable bonds is 5. The Labute approximate surface area is 157 Å². The molecule has 1 aliphatic carbocycles. The summed E-state index contributed by atoms with van der Waals surface area (Å²) in [6.45, 7) is 3.94. The van der Waals surface area contributed by atoms with E-state index in [-0.39, 0.29) is 23.7 Å². The minimum Gasteiger partial charge on any atom is -0.465 e. The van der Waals surface area contributed by atoms with Crippen molar-refractivity contribution < 1.29 is 19.1 Å². The number of esters is 1. The Morgan fingerprint density at radius 2 is 1.48 bits per heavy atom. The monoisotopic (exact) mass is 366 g/mol. The van der Waals surface area contributed by atoms with E-state index >= 15 is 0 Å². The van der Waals surface area contributed by atoms with Crippen LogP contribution in [0.5, 0.6) is 0 Å². The van der Waals surface area contributed by atoms with Gasteiger partial charge in [-0.2, -0.15) is 0 Å². The van der Waals surface area contributed by atoms with E-state index in [1.165, 1.54) is 7.11 Å². The van der Waals surface area contributed by atoms with Gasteiger partial charge in [-0.25, -0.2) is 4.79 Å². The second kappa shape index (κ2) is 7.61. The largest absolute Gasteiger partial charge is 0.465 e. The Kier molecular flexibility index (Phi) is 5.26. The third kappa shape index (κ3) is 4.53. The number of aryl methyl sites for hydroxylation is 2. The molecule has 27 heavy (non-hydrogen) atoms. The molecule has 2 aromatic rings. The molecule has 1 fully saturated rings. The number of carbonyl (C=O) groups is 3. The number of hydrogen-bond donors (Lipinski definition) is 2. The molecule has 0 bridgehead atoms. The quantitative estimate of drug-likeness (QED) is 0.795. The fraction of sp³-hybridized carbons (Fsp3) is 0.286. The number of nitrogens with one attached hydrogen (secondary N) is 2. The Hall–Kier alpha value is -3.15. The van der Waals surface area contributed by atoms with Gasteiger partial charge in [0, 0.05) is 11.4 Å². The van der Waals surface area contributed by atoms with Gasteiger partial charge in [0.15, 0.2) is 0 Å². The highest BCUT2D eigenvalue weighted by Crippen LogP contribution is 2.40. The fourth-order valence-electron chi connectivity index (χ4n) is 3.13. The van der Waals surface area contributed by atoms with Crippen molar-refractivity contribution in [1.82, 2.24) is 0 Å². The van der Waals surface area contributed by atoms with Crippen LogP contribution in [-0.4, -0.2) is 24.9 Å². The van der Waals surface area contributed by atoms with Crippen molar-refractivity contribution in [1.29, 1.82) is 0 Å². The molecule has 0 heterocycles. The van der Waals surface area contributed by atoms with E-state index in [9.17, 15) is 14.4 Å². The number of anilines is 2. The molecule has 6 nitrogen and oxygen atoms in total. The number of carbonyl (C=O) groups excluding carboxylic acids is 3. The highest BCUT2D eigenvalue weighted by molar-refractivity contribution is 6.03. The van der Waals surface area contributed by atoms with E-state index in [4.69, 9.17) is 0 Å². The Morgan fingerprint density at radius 3 is 2.07 bits per heavy atom. The summed E-state index contributed by atoms with van der Waals surface area (Å²) in [6, 6.07) is 12.4. The lowest BCUT2D eigenvalue weighted by atomic mass is 10.1. The highest BCUT2D eigenvalue weighted by Gasteiger charge is 2.48. The molecule has 6 heteroatoms. The molecular formula is C21H22N2O4. The van der Waals surface area contributed by atoms with Gasteiger partial charge in [-0.05, 0) is 61.7 Å². The third-order valence-electron chi connectivity index (χ3n) is 4.50. The molecule has 0 saturated heterocycles. The third-order valence-corrected chi connectivity index (χ3v) is 4.50. The van der Waals surface area contributed by atoms with Gasteiger partial charge < -0.3 is 15.4 Å². The first-order chi connectivity index (χ1) is 12.9. The molecule has 1 saturated carbocycles. The average Bonchev–Trinajstić information content (AvgIpc) is 3.41. The number of hydrogen-bond acceptors (Lipinski definition) is 4. The predicted molar refractivity (Wildman–Crippen MR) is 103 cm³/mol. The van der Waals surface area contributed by atoms with Crippen LogP contribution in [0, 0.1) is 25.7 Å². The van der Waals surface area contributed by atoms with Crippen LogP contribution in [0.3, 0.4) is 0 Å². The predicted octanol–water partition coefficient (Wildman–Crippen LogP) is 3.30. The van der Waals surface area contributed by atoms with Crippen molar-refractivity contribution in [2.24, 2.45) is 11.8 Å². The summed E-state index contributed by atoms with van der Waals surface area (Å²) in [5.41, 5.74) is 3.74. The average molecular weight is 366 g/mol. The zero-order chi connectivity index (χ0) is 19.6. The van der Waals surface area contributed by atoms with Crippen molar-refractivity contribution in [2.75, 3.05) is 17.7 Å². The van der Waals surface area contributed by atoms with Crippen molar-refractivity contribution >= 4 is 29.2 Å². The van der Waals surface area contributed by atoms with E-state index in [2.05, 4.69) is 15.4 Å². The standard InChI is InChI=1S/C21H22N2O4/c1-12-7-13(2)9-16(8-12)23-20(25)18-11-17(18)19(24)22-15-6-4-5-14(10-15)21(26)27-3/h4-10,17-18H,11H2,1-3H3,(H,22,24)(H,23,25). The van der Waals surface area contributed by atoms with Gasteiger partial charge in [-0.3, -0.25) is 9.59 Å². The Morgan fingerprint density at radius 1 is 0.889 bits per heavy atom. The smallest absolute Gasteiger partial charge is 0.337 e. The van der Waals surface area contributed by atoms with Gasteiger partial charge in [0.25, 0.3) is 0 Å². The van der Waals surface area contributed by atoms with Gasteiger partial charge in [0.1, 0.15) is 0 Å². The minimum atomic E-state index is -0.469. The fourth-order valence-corrected chi connectivity index (χ4v) is 3.13. The summed E-state index contributed by atoms with van der Waals surface area (Å²) in [4.78, 5) is 36.4. The lowest BCUT2D eigenvalue weighted by Gasteiger charge is -2.08. The van der Waals surface area contributed by atoms with Crippen molar-refractivity contribution in [3.05, 3.63) is 59.2 Å². The first kappa shape index (κ1) is 18.6. The molecule has 0 radical (unpaired) electrons. The second-order valence-corrected chi connectivity index (χ2v) is 6.88. The van der Waals surface area contributed by atoms with Gasteiger partial charge in [-0.15, -0.1) is 0 Å². The second-order valence-electron chi connectivity index (χ2n) is 6.88. The van der Waals surface area contributed by atoms with Gasteiger partial charge in [0.05, 0.1) is 24.5 Å². The number of ether oxygens (including phenoxy) is 1. The molecule has 0 spiro atoms. The SMILES string of the molecule is COC(=O)c1cccc(NC(=O)C2CC2C(=O)Nc2cc(C)cc(C)c2)c1. The highest BCUT2D eigenvalue weighted by atomic mass is 16.5. The molecule has 3 rings (SSSR count). The topological polar surface area (TPSA) is 84.5 Å². The molecule has 0 aromatic heterocycles. The summed E-state index contributed by atoms with van der Waals surface area (Å²) in [7, 11) is 1.30. The van der Waals surface area contributed by atoms with Crippen LogP contribution in [0.25, 0.3) is 0 Å². The van der Waals surface area contributed by atoms with Crippen molar-refractivity contribution in [3.8, 4) is 0 Å². The molecule has 2 atom stereocenters. The van der Waals surface area contributed by atoms with Gasteiger partial charge in [0.2, 0.25) is 11.8 Å². The zero-order valence-electron chi connectivity index (χ0n) is 15.5. The maximum Gasteiger partial charge on any atom is 0.337 e. The van der Waals surface area contributed by atoms with Crippen LogP contribution in [0.1, 0.15) is 27.9 Å². The number of amides is 2. The molecule has 0 aliphatic heterocycles. The summed E-state index contributed by atoms with van der Waals surface area (Å²) in [5.74, 6) is -1.54. The van der Waals surface area contributed by atoms with Gasteiger partial charge in [-0.1, -0.05) is 12.1 Å². The van der Waals surface area contributed by atoms with Crippen LogP contribution in [-0.2, 0) is 14.3 Å². The Bertz CT molecular complexity index is 887. The summed E-state index contributed by atoms with van der Waals surface area (Å²) >= 11 is 0. The van der Waals surface area contributed by atoms with Gasteiger partial charge >= 0.3 is 5.97 Å². The molecule has 1 aliphatic rings. The first-order valence-electron chi connectivity index (χ1n) is 8.76. The zero-order valence-corrected chi connectivity index (χ0v) is 15.5. The molecular weight excluding hydrogens is 344 g/mol. The molecule has 2 amide bonds. The van der Waals surface area contributed by atoms with Crippen molar-refractivity contribution in [2.45, 2.75) is 20.3 Å². The van der Waals surface area contributed by atoms with Crippen molar-refractivity contribution in [3.63, 3.8) is 0 Å². The van der Waals surface area contributed by atoms with E-state index in [1.54, 1.807) is 24.3 Å². The maximum absolute atomic E-state index is 12.4. The summed E-state index contributed by atoms with van der Waals surface area (Å²) in [6.07, 6.45) is 0.513. The molecule has 2 aromatic carbocycles.